The number of rotatable bonds is 5. The summed E-state index contributed by atoms with van der Waals surface area (Å²) in [4.78, 5) is 19.0. The molecule has 17 heavy (non-hydrogen) atoms. The first-order valence-electron chi connectivity index (χ1n) is 5.67. The number of aromatic amines is 1. The minimum Gasteiger partial charge on any atom is -0.359 e. The van der Waals surface area contributed by atoms with E-state index in [2.05, 4.69) is 14.5 Å². The lowest BCUT2D eigenvalue weighted by Gasteiger charge is -2.04. The third-order valence-corrected chi connectivity index (χ3v) is 3.79. The molecule has 0 aliphatic heterocycles. The van der Waals surface area contributed by atoms with E-state index in [0.717, 1.165) is 5.16 Å². The summed E-state index contributed by atoms with van der Waals surface area (Å²) in [5.41, 5.74) is 0.669. The molecule has 3 rings (SSSR count). The van der Waals surface area contributed by atoms with Gasteiger partial charge in [-0.15, -0.1) is 0 Å². The van der Waals surface area contributed by atoms with Crippen LogP contribution in [0.2, 0.25) is 0 Å². The fraction of sp³-hybridized carbons (Fsp3) is 0.333. The Hall–Kier alpha value is -1.49. The Morgan fingerprint density at radius 2 is 2.47 bits per heavy atom. The summed E-state index contributed by atoms with van der Waals surface area (Å²) >= 11 is 1.51. The van der Waals surface area contributed by atoms with Gasteiger partial charge < -0.3 is 9.55 Å². The van der Waals surface area contributed by atoms with Gasteiger partial charge in [-0.2, -0.15) is 0 Å². The Kier molecular flexibility index (Phi) is 2.76. The molecular formula is C12H13N3OS. The SMILES string of the molecule is O=C(CSc1nccn1C1CC1)c1ccc[nH]1. The molecule has 0 spiro atoms. The van der Waals surface area contributed by atoms with Crippen LogP contribution in [0.15, 0.2) is 35.9 Å². The number of hydrogen-bond donors (Lipinski definition) is 1. The lowest BCUT2D eigenvalue weighted by atomic mass is 10.3. The van der Waals surface area contributed by atoms with Crippen LogP contribution in [-0.2, 0) is 0 Å². The lowest BCUT2D eigenvalue weighted by Crippen LogP contribution is -2.04. The molecule has 0 aromatic carbocycles. The van der Waals surface area contributed by atoms with E-state index in [4.69, 9.17) is 0 Å². The van der Waals surface area contributed by atoms with Crippen LogP contribution in [0.3, 0.4) is 0 Å². The largest absolute Gasteiger partial charge is 0.359 e. The number of H-pyrrole nitrogens is 1. The Morgan fingerprint density at radius 1 is 1.59 bits per heavy atom. The molecule has 2 aromatic rings. The Labute approximate surface area is 103 Å². The zero-order chi connectivity index (χ0) is 11.7. The quantitative estimate of drug-likeness (QED) is 0.652. The first-order valence-corrected chi connectivity index (χ1v) is 6.65. The van der Waals surface area contributed by atoms with Crippen molar-refractivity contribution in [1.29, 1.82) is 0 Å². The number of carbonyl (C=O) groups excluding carboxylic acids is 1. The second-order valence-electron chi connectivity index (χ2n) is 4.14. The number of hydrogen-bond acceptors (Lipinski definition) is 3. The van der Waals surface area contributed by atoms with Crippen molar-refractivity contribution in [2.75, 3.05) is 5.75 Å². The number of nitrogens with zero attached hydrogens (tertiary/aromatic N) is 2. The number of thioether (sulfide) groups is 1. The van der Waals surface area contributed by atoms with Gasteiger partial charge in [-0.25, -0.2) is 4.98 Å². The van der Waals surface area contributed by atoms with Crippen LogP contribution >= 0.6 is 11.8 Å². The summed E-state index contributed by atoms with van der Waals surface area (Å²) in [6.45, 7) is 0. The maximum absolute atomic E-state index is 11.8. The van der Waals surface area contributed by atoms with Crippen molar-refractivity contribution >= 4 is 17.5 Å². The van der Waals surface area contributed by atoms with Crippen molar-refractivity contribution in [3.8, 4) is 0 Å². The highest BCUT2D eigenvalue weighted by atomic mass is 32.2. The smallest absolute Gasteiger partial charge is 0.189 e. The maximum atomic E-state index is 11.8. The molecule has 0 amide bonds. The Balaban J connectivity index is 1.64. The van der Waals surface area contributed by atoms with Crippen molar-refractivity contribution in [2.24, 2.45) is 0 Å². The fourth-order valence-corrected chi connectivity index (χ4v) is 2.66. The minimum absolute atomic E-state index is 0.116. The van der Waals surface area contributed by atoms with E-state index in [1.54, 1.807) is 18.5 Å². The monoisotopic (exact) mass is 247 g/mol. The second kappa shape index (κ2) is 4.41. The number of Topliss-reactive ketones (excluding diaryl/α,β-unsaturated/α-hetero) is 1. The third-order valence-electron chi connectivity index (χ3n) is 2.80. The average molecular weight is 247 g/mol. The predicted octanol–water partition coefficient (Wildman–Crippen LogP) is 2.52. The first kappa shape index (κ1) is 10.7. The summed E-state index contributed by atoms with van der Waals surface area (Å²) < 4.78 is 2.17. The molecule has 1 aliphatic rings. The van der Waals surface area contributed by atoms with E-state index in [1.165, 1.54) is 24.6 Å². The van der Waals surface area contributed by atoms with Gasteiger partial charge in [0.15, 0.2) is 10.9 Å². The normalized spacial score (nSPS) is 15.1. The van der Waals surface area contributed by atoms with E-state index < -0.39 is 0 Å². The molecule has 1 saturated carbocycles. The molecule has 2 aromatic heterocycles. The molecule has 88 valence electrons. The molecule has 0 saturated heterocycles. The highest BCUT2D eigenvalue weighted by Crippen LogP contribution is 2.37. The molecule has 0 bridgehead atoms. The summed E-state index contributed by atoms with van der Waals surface area (Å²) in [5.74, 6) is 0.551. The van der Waals surface area contributed by atoms with E-state index >= 15 is 0 Å². The zero-order valence-electron chi connectivity index (χ0n) is 9.30. The molecule has 0 radical (unpaired) electrons. The maximum Gasteiger partial charge on any atom is 0.189 e. The van der Waals surface area contributed by atoms with E-state index in [9.17, 15) is 4.79 Å². The van der Waals surface area contributed by atoms with Crippen LogP contribution in [0, 0.1) is 0 Å². The Morgan fingerprint density at radius 3 is 3.18 bits per heavy atom. The number of nitrogens with one attached hydrogen (secondary N) is 1. The van der Waals surface area contributed by atoms with Gasteiger partial charge in [0.2, 0.25) is 0 Å². The van der Waals surface area contributed by atoms with Crippen molar-refractivity contribution in [3.05, 3.63) is 36.4 Å². The summed E-state index contributed by atoms with van der Waals surface area (Å²) in [7, 11) is 0. The van der Waals surface area contributed by atoms with Crippen LogP contribution < -0.4 is 0 Å². The number of imidazole rings is 1. The minimum atomic E-state index is 0.116. The fourth-order valence-electron chi connectivity index (χ4n) is 1.75. The van der Waals surface area contributed by atoms with Gasteiger partial charge in [0, 0.05) is 24.6 Å². The number of ketones is 1. The molecule has 1 aliphatic carbocycles. The van der Waals surface area contributed by atoms with Crippen molar-refractivity contribution < 1.29 is 4.79 Å². The highest BCUT2D eigenvalue weighted by Gasteiger charge is 2.25. The Bertz CT molecular complexity index is 514. The van der Waals surface area contributed by atoms with Crippen molar-refractivity contribution in [2.45, 2.75) is 24.0 Å². The summed E-state index contributed by atoms with van der Waals surface area (Å²) in [5, 5.41) is 0.951. The van der Waals surface area contributed by atoms with Crippen LogP contribution in [0.5, 0.6) is 0 Å². The predicted molar refractivity (Wildman–Crippen MR) is 66.3 cm³/mol. The molecule has 5 heteroatoms. The van der Waals surface area contributed by atoms with Gasteiger partial charge in [-0.05, 0) is 25.0 Å². The molecule has 4 nitrogen and oxygen atoms in total. The van der Waals surface area contributed by atoms with Crippen LogP contribution in [-0.4, -0.2) is 26.1 Å². The molecule has 0 unspecified atom stereocenters. The van der Waals surface area contributed by atoms with Crippen LogP contribution in [0.25, 0.3) is 0 Å². The van der Waals surface area contributed by atoms with E-state index in [0.29, 0.717) is 17.5 Å². The van der Waals surface area contributed by atoms with Gasteiger partial charge in [-0.3, -0.25) is 4.79 Å². The highest BCUT2D eigenvalue weighted by molar-refractivity contribution is 7.99. The van der Waals surface area contributed by atoms with E-state index in [-0.39, 0.29) is 5.78 Å². The van der Waals surface area contributed by atoms with Crippen molar-refractivity contribution in [3.63, 3.8) is 0 Å². The molecule has 1 fully saturated rings. The van der Waals surface area contributed by atoms with Gasteiger partial charge >= 0.3 is 0 Å². The summed E-state index contributed by atoms with van der Waals surface area (Å²) in [6, 6.07) is 4.25. The zero-order valence-corrected chi connectivity index (χ0v) is 10.1. The number of carbonyl (C=O) groups is 1. The molecule has 1 N–H and O–H groups in total. The van der Waals surface area contributed by atoms with Gasteiger partial charge in [-0.1, -0.05) is 11.8 Å². The second-order valence-corrected chi connectivity index (χ2v) is 5.09. The average Bonchev–Trinajstić information content (AvgIpc) is 2.87. The summed E-state index contributed by atoms with van der Waals surface area (Å²) in [6.07, 6.45) is 8.03. The van der Waals surface area contributed by atoms with Crippen LogP contribution in [0.4, 0.5) is 0 Å². The molecule has 2 heterocycles. The van der Waals surface area contributed by atoms with Crippen LogP contribution in [0.1, 0.15) is 29.4 Å². The van der Waals surface area contributed by atoms with Crippen molar-refractivity contribution in [1.82, 2.24) is 14.5 Å². The standard InChI is InChI=1S/C12H13N3OS/c16-11(10-2-1-5-13-10)8-17-12-14-6-7-15(12)9-3-4-9/h1-2,5-7,9,13H,3-4,8H2. The topological polar surface area (TPSA) is 50.7 Å². The van der Waals surface area contributed by atoms with Gasteiger partial charge in [0.25, 0.3) is 0 Å². The third kappa shape index (κ3) is 2.29. The molecular weight excluding hydrogens is 234 g/mol. The first-order chi connectivity index (χ1) is 8.34. The number of aromatic nitrogens is 3. The van der Waals surface area contributed by atoms with Gasteiger partial charge in [0.1, 0.15) is 0 Å². The van der Waals surface area contributed by atoms with Gasteiger partial charge in [0.05, 0.1) is 11.4 Å². The molecule has 0 atom stereocenters. The lowest BCUT2D eigenvalue weighted by molar-refractivity contribution is 0.101. The van der Waals surface area contributed by atoms with E-state index in [1.807, 2.05) is 12.3 Å².